The lowest BCUT2D eigenvalue weighted by molar-refractivity contribution is 0.386. The first-order valence-corrected chi connectivity index (χ1v) is 6.08. The zero-order valence-electron chi connectivity index (χ0n) is 9.55. The standard InChI is InChI=1S/C12H16BrNO2/c1-15-10-6-11(16-2)9(13)5-8(10)12(7-14)3-4-12/h5-6H,3-4,7,14H2,1-2H3. The van der Waals surface area contributed by atoms with Crippen molar-refractivity contribution in [2.45, 2.75) is 18.3 Å². The van der Waals surface area contributed by atoms with Crippen molar-refractivity contribution < 1.29 is 9.47 Å². The molecule has 0 atom stereocenters. The minimum Gasteiger partial charge on any atom is -0.496 e. The van der Waals surface area contributed by atoms with E-state index in [0.717, 1.165) is 28.8 Å². The van der Waals surface area contributed by atoms with Crippen LogP contribution in [0.25, 0.3) is 0 Å². The molecule has 1 aliphatic rings. The average molecular weight is 286 g/mol. The zero-order valence-corrected chi connectivity index (χ0v) is 11.1. The quantitative estimate of drug-likeness (QED) is 0.924. The van der Waals surface area contributed by atoms with Crippen molar-refractivity contribution in [1.29, 1.82) is 0 Å². The number of hydrogen-bond donors (Lipinski definition) is 1. The summed E-state index contributed by atoms with van der Waals surface area (Å²) < 4.78 is 11.6. The van der Waals surface area contributed by atoms with E-state index in [-0.39, 0.29) is 5.41 Å². The highest BCUT2D eigenvalue weighted by molar-refractivity contribution is 9.10. The van der Waals surface area contributed by atoms with E-state index in [2.05, 4.69) is 22.0 Å². The van der Waals surface area contributed by atoms with Gasteiger partial charge in [-0.25, -0.2) is 0 Å². The van der Waals surface area contributed by atoms with Crippen LogP contribution >= 0.6 is 15.9 Å². The fraction of sp³-hybridized carbons (Fsp3) is 0.500. The number of benzene rings is 1. The number of ether oxygens (including phenoxy) is 2. The summed E-state index contributed by atoms with van der Waals surface area (Å²) in [6, 6.07) is 3.98. The van der Waals surface area contributed by atoms with E-state index in [9.17, 15) is 0 Å². The fourth-order valence-electron chi connectivity index (χ4n) is 2.01. The van der Waals surface area contributed by atoms with Crippen LogP contribution in [0.3, 0.4) is 0 Å². The maximum absolute atomic E-state index is 5.84. The van der Waals surface area contributed by atoms with Gasteiger partial charge in [0.25, 0.3) is 0 Å². The van der Waals surface area contributed by atoms with Gasteiger partial charge in [-0.3, -0.25) is 0 Å². The van der Waals surface area contributed by atoms with Crippen LogP contribution in [0, 0.1) is 0 Å². The molecule has 4 heteroatoms. The van der Waals surface area contributed by atoms with E-state index in [1.165, 1.54) is 5.56 Å². The monoisotopic (exact) mass is 285 g/mol. The van der Waals surface area contributed by atoms with Crippen molar-refractivity contribution >= 4 is 15.9 Å². The minimum absolute atomic E-state index is 0.125. The Morgan fingerprint density at radius 2 is 1.88 bits per heavy atom. The second kappa shape index (κ2) is 4.26. The second-order valence-electron chi connectivity index (χ2n) is 4.17. The van der Waals surface area contributed by atoms with Gasteiger partial charge in [0.05, 0.1) is 18.7 Å². The molecular formula is C12H16BrNO2. The molecule has 3 nitrogen and oxygen atoms in total. The molecule has 0 bridgehead atoms. The zero-order chi connectivity index (χ0) is 11.8. The van der Waals surface area contributed by atoms with Crippen molar-refractivity contribution in [3.63, 3.8) is 0 Å². The Kier molecular flexibility index (Phi) is 3.13. The molecule has 16 heavy (non-hydrogen) atoms. The maximum atomic E-state index is 5.84. The summed E-state index contributed by atoms with van der Waals surface area (Å²) in [6.07, 6.45) is 2.28. The van der Waals surface area contributed by atoms with Crippen LogP contribution in [0.5, 0.6) is 11.5 Å². The Hall–Kier alpha value is -0.740. The molecule has 2 N–H and O–H groups in total. The summed E-state index contributed by atoms with van der Waals surface area (Å²) in [5.41, 5.74) is 7.15. The molecule has 0 aromatic heterocycles. The third-order valence-electron chi connectivity index (χ3n) is 3.29. The van der Waals surface area contributed by atoms with Gasteiger partial charge in [0.1, 0.15) is 11.5 Å². The van der Waals surface area contributed by atoms with Gasteiger partial charge in [-0.05, 0) is 34.8 Å². The number of hydrogen-bond acceptors (Lipinski definition) is 3. The molecule has 1 aliphatic carbocycles. The Morgan fingerprint density at radius 1 is 1.25 bits per heavy atom. The topological polar surface area (TPSA) is 44.5 Å². The Morgan fingerprint density at radius 3 is 2.31 bits per heavy atom. The number of halogens is 1. The molecule has 0 aliphatic heterocycles. The molecule has 0 unspecified atom stereocenters. The van der Waals surface area contributed by atoms with Gasteiger partial charge >= 0.3 is 0 Å². The van der Waals surface area contributed by atoms with Gasteiger partial charge in [-0.1, -0.05) is 0 Å². The van der Waals surface area contributed by atoms with E-state index in [4.69, 9.17) is 15.2 Å². The smallest absolute Gasteiger partial charge is 0.136 e. The first-order valence-electron chi connectivity index (χ1n) is 5.29. The third-order valence-corrected chi connectivity index (χ3v) is 3.91. The molecule has 88 valence electrons. The Labute approximate surface area is 104 Å². The first-order chi connectivity index (χ1) is 7.66. The van der Waals surface area contributed by atoms with E-state index in [1.807, 2.05) is 6.07 Å². The van der Waals surface area contributed by atoms with Gasteiger partial charge in [0.15, 0.2) is 0 Å². The summed E-state index contributed by atoms with van der Waals surface area (Å²) in [5, 5.41) is 0. The molecule has 2 rings (SSSR count). The number of nitrogens with two attached hydrogens (primary N) is 1. The molecule has 0 heterocycles. The van der Waals surface area contributed by atoms with E-state index in [0.29, 0.717) is 6.54 Å². The molecule has 0 amide bonds. The highest BCUT2D eigenvalue weighted by Crippen LogP contribution is 2.52. The average Bonchev–Trinajstić information content (AvgIpc) is 3.09. The van der Waals surface area contributed by atoms with Gasteiger partial charge in [0.2, 0.25) is 0 Å². The van der Waals surface area contributed by atoms with Crippen LogP contribution < -0.4 is 15.2 Å². The van der Waals surface area contributed by atoms with Crippen molar-refractivity contribution in [1.82, 2.24) is 0 Å². The molecular weight excluding hydrogens is 270 g/mol. The molecule has 0 radical (unpaired) electrons. The summed E-state index contributed by atoms with van der Waals surface area (Å²) >= 11 is 3.50. The van der Waals surface area contributed by atoms with Gasteiger partial charge < -0.3 is 15.2 Å². The summed E-state index contributed by atoms with van der Waals surface area (Å²) in [7, 11) is 3.33. The summed E-state index contributed by atoms with van der Waals surface area (Å²) in [6.45, 7) is 0.669. The van der Waals surface area contributed by atoms with Crippen molar-refractivity contribution in [2.24, 2.45) is 5.73 Å². The normalized spacial score (nSPS) is 17.0. The van der Waals surface area contributed by atoms with Gasteiger partial charge in [0, 0.05) is 23.6 Å². The highest BCUT2D eigenvalue weighted by atomic mass is 79.9. The van der Waals surface area contributed by atoms with Crippen LogP contribution in [0.1, 0.15) is 18.4 Å². The predicted octanol–water partition coefficient (Wildman–Crippen LogP) is 2.46. The molecule has 0 saturated heterocycles. The second-order valence-corrected chi connectivity index (χ2v) is 5.03. The van der Waals surface area contributed by atoms with Crippen LogP contribution in [0.2, 0.25) is 0 Å². The first kappa shape index (κ1) is 11.7. The van der Waals surface area contributed by atoms with E-state index >= 15 is 0 Å². The predicted molar refractivity (Wildman–Crippen MR) is 67.2 cm³/mol. The van der Waals surface area contributed by atoms with Crippen LogP contribution in [0.4, 0.5) is 0 Å². The largest absolute Gasteiger partial charge is 0.496 e. The summed E-state index contributed by atoms with van der Waals surface area (Å²) in [4.78, 5) is 0. The van der Waals surface area contributed by atoms with Crippen LogP contribution in [-0.2, 0) is 5.41 Å². The van der Waals surface area contributed by atoms with Crippen LogP contribution in [0.15, 0.2) is 16.6 Å². The van der Waals surface area contributed by atoms with E-state index < -0.39 is 0 Å². The SMILES string of the molecule is COc1cc(OC)c(C2(CN)CC2)cc1Br. The van der Waals surface area contributed by atoms with Gasteiger partial charge in [-0.15, -0.1) is 0 Å². The summed E-state index contributed by atoms with van der Waals surface area (Å²) in [5.74, 6) is 1.65. The highest BCUT2D eigenvalue weighted by Gasteiger charge is 2.45. The molecule has 1 aromatic rings. The third kappa shape index (κ3) is 1.80. The van der Waals surface area contributed by atoms with Gasteiger partial charge in [-0.2, -0.15) is 0 Å². The lowest BCUT2D eigenvalue weighted by Gasteiger charge is -2.18. The lowest BCUT2D eigenvalue weighted by atomic mass is 9.95. The van der Waals surface area contributed by atoms with E-state index in [1.54, 1.807) is 14.2 Å². The van der Waals surface area contributed by atoms with Crippen molar-refractivity contribution in [3.8, 4) is 11.5 Å². The molecule has 1 saturated carbocycles. The van der Waals surface area contributed by atoms with Crippen LogP contribution in [-0.4, -0.2) is 20.8 Å². The fourth-order valence-corrected chi connectivity index (χ4v) is 2.51. The minimum atomic E-state index is 0.125. The Bertz CT molecular complexity index is 402. The number of methoxy groups -OCH3 is 2. The molecule has 1 fully saturated rings. The maximum Gasteiger partial charge on any atom is 0.136 e. The number of rotatable bonds is 4. The molecule has 0 spiro atoms. The molecule has 1 aromatic carbocycles. The lowest BCUT2D eigenvalue weighted by Crippen LogP contribution is -2.20. The van der Waals surface area contributed by atoms with Crippen molar-refractivity contribution in [3.05, 3.63) is 22.2 Å². The Balaban J connectivity index is 2.48. The van der Waals surface area contributed by atoms with Crippen molar-refractivity contribution in [2.75, 3.05) is 20.8 Å².